The molecule has 1 aliphatic heterocycles. The SMILES string of the molecule is CCCCOc1ccccc1-c1cc2n(n1)C[C@](C)(C(=O)NC1CCCCCC1)N(CC)C2=O. The third-order valence-corrected chi connectivity index (χ3v) is 7.21. The van der Waals surface area contributed by atoms with Crippen LogP contribution in [0.1, 0.15) is 82.6 Å². The van der Waals surface area contributed by atoms with Crippen molar-refractivity contribution in [2.75, 3.05) is 13.2 Å². The number of unbranched alkanes of at least 4 members (excludes halogenated alkanes) is 1. The maximum Gasteiger partial charge on any atom is 0.273 e. The lowest BCUT2D eigenvalue weighted by Gasteiger charge is -2.43. The number of nitrogens with one attached hydrogen (secondary N) is 1. The van der Waals surface area contributed by atoms with E-state index in [9.17, 15) is 9.59 Å². The van der Waals surface area contributed by atoms with E-state index in [0.29, 0.717) is 31.1 Å². The standard InChI is InChI=1S/C27H38N4O3/c1-4-6-17-34-24-16-12-11-15-21(24)22-18-23-25(32)30(5-2)27(3,19-31(23)29-22)26(33)28-20-13-9-7-8-10-14-20/h11-12,15-16,18,20H,4-10,13-14,17,19H2,1-3H3,(H,28,33)/t27-/m1/s1. The number of rotatable bonds is 8. The van der Waals surface area contributed by atoms with Crippen molar-refractivity contribution in [2.45, 2.75) is 90.3 Å². The van der Waals surface area contributed by atoms with Crippen LogP contribution in [-0.4, -0.2) is 51.2 Å². The van der Waals surface area contributed by atoms with Crippen LogP contribution in [0.5, 0.6) is 5.75 Å². The molecule has 1 fully saturated rings. The molecule has 2 aromatic rings. The molecule has 7 heteroatoms. The fraction of sp³-hybridized carbons (Fsp3) is 0.593. The molecule has 2 aliphatic rings. The molecule has 1 saturated carbocycles. The van der Waals surface area contributed by atoms with E-state index in [1.54, 1.807) is 9.58 Å². The Kier molecular flexibility index (Phi) is 7.59. The Morgan fingerprint density at radius 2 is 1.91 bits per heavy atom. The molecule has 34 heavy (non-hydrogen) atoms. The van der Waals surface area contributed by atoms with Gasteiger partial charge in [0.2, 0.25) is 5.91 Å². The van der Waals surface area contributed by atoms with Crippen LogP contribution in [-0.2, 0) is 11.3 Å². The van der Waals surface area contributed by atoms with Gasteiger partial charge in [-0.2, -0.15) is 5.10 Å². The third kappa shape index (κ3) is 4.84. The molecule has 0 bridgehead atoms. The van der Waals surface area contributed by atoms with E-state index in [-0.39, 0.29) is 17.9 Å². The van der Waals surface area contributed by atoms with Crippen molar-refractivity contribution < 1.29 is 14.3 Å². The molecule has 1 atom stereocenters. The van der Waals surface area contributed by atoms with Crippen LogP contribution in [0.15, 0.2) is 30.3 Å². The summed E-state index contributed by atoms with van der Waals surface area (Å²) in [4.78, 5) is 28.7. The summed E-state index contributed by atoms with van der Waals surface area (Å²) in [5, 5.41) is 8.04. The Balaban J connectivity index is 1.61. The molecule has 2 amide bonds. The molecule has 1 aliphatic carbocycles. The molecule has 1 aromatic carbocycles. The molecule has 2 heterocycles. The van der Waals surface area contributed by atoms with Crippen molar-refractivity contribution in [1.82, 2.24) is 20.0 Å². The van der Waals surface area contributed by atoms with E-state index >= 15 is 0 Å². The minimum absolute atomic E-state index is 0.0828. The number of hydrogen-bond acceptors (Lipinski definition) is 4. The summed E-state index contributed by atoms with van der Waals surface area (Å²) in [6.07, 6.45) is 8.80. The predicted molar refractivity (Wildman–Crippen MR) is 133 cm³/mol. The highest BCUT2D eigenvalue weighted by atomic mass is 16.5. The lowest BCUT2D eigenvalue weighted by Crippen LogP contribution is -2.64. The van der Waals surface area contributed by atoms with Crippen LogP contribution in [0, 0.1) is 0 Å². The van der Waals surface area contributed by atoms with Gasteiger partial charge in [0.25, 0.3) is 5.91 Å². The largest absolute Gasteiger partial charge is 0.493 e. The Hall–Kier alpha value is -2.83. The van der Waals surface area contributed by atoms with E-state index in [1.165, 1.54) is 12.8 Å². The first-order valence-corrected chi connectivity index (χ1v) is 12.9. The van der Waals surface area contributed by atoms with Gasteiger partial charge in [-0.25, -0.2) is 0 Å². The molecule has 1 aromatic heterocycles. The zero-order valence-electron chi connectivity index (χ0n) is 20.8. The maximum absolute atomic E-state index is 13.5. The summed E-state index contributed by atoms with van der Waals surface area (Å²) in [6.45, 7) is 7.37. The summed E-state index contributed by atoms with van der Waals surface area (Å²) >= 11 is 0. The molecular formula is C27H38N4O3. The number of aromatic nitrogens is 2. The molecule has 4 rings (SSSR count). The summed E-state index contributed by atoms with van der Waals surface area (Å²) < 4.78 is 7.71. The van der Waals surface area contributed by atoms with Crippen LogP contribution < -0.4 is 10.1 Å². The first-order valence-electron chi connectivity index (χ1n) is 12.9. The Morgan fingerprint density at radius 1 is 1.18 bits per heavy atom. The van der Waals surface area contributed by atoms with Gasteiger partial charge in [0.1, 0.15) is 17.0 Å². The number of amides is 2. The molecule has 0 radical (unpaired) electrons. The first-order chi connectivity index (χ1) is 16.5. The van der Waals surface area contributed by atoms with Gasteiger partial charge in [0.05, 0.1) is 18.8 Å². The van der Waals surface area contributed by atoms with Gasteiger partial charge in [0.15, 0.2) is 0 Å². The van der Waals surface area contributed by atoms with Crippen LogP contribution >= 0.6 is 0 Å². The van der Waals surface area contributed by atoms with Gasteiger partial charge < -0.3 is 15.0 Å². The molecule has 0 spiro atoms. The van der Waals surface area contributed by atoms with Gasteiger partial charge in [-0.3, -0.25) is 14.3 Å². The number of hydrogen-bond donors (Lipinski definition) is 1. The smallest absolute Gasteiger partial charge is 0.273 e. The van der Waals surface area contributed by atoms with E-state index in [2.05, 4.69) is 12.2 Å². The van der Waals surface area contributed by atoms with E-state index in [4.69, 9.17) is 9.84 Å². The number of fused-ring (bicyclic) bond motifs is 1. The van der Waals surface area contributed by atoms with Crippen LogP contribution in [0.2, 0.25) is 0 Å². The van der Waals surface area contributed by atoms with Crippen LogP contribution in [0.3, 0.4) is 0 Å². The average molecular weight is 467 g/mol. The van der Waals surface area contributed by atoms with Gasteiger partial charge in [-0.15, -0.1) is 0 Å². The van der Waals surface area contributed by atoms with Crippen molar-refractivity contribution >= 4 is 11.8 Å². The van der Waals surface area contributed by atoms with Gasteiger partial charge in [0, 0.05) is 18.2 Å². The lowest BCUT2D eigenvalue weighted by atomic mass is 9.94. The van der Waals surface area contributed by atoms with Gasteiger partial charge >= 0.3 is 0 Å². The Bertz CT molecular complexity index is 1010. The fourth-order valence-electron chi connectivity index (χ4n) is 5.16. The topological polar surface area (TPSA) is 76.5 Å². The molecule has 0 unspecified atom stereocenters. The Morgan fingerprint density at radius 3 is 2.62 bits per heavy atom. The monoisotopic (exact) mass is 466 g/mol. The summed E-state index contributed by atoms with van der Waals surface area (Å²) in [5.74, 6) is 0.524. The zero-order valence-corrected chi connectivity index (χ0v) is 20.8. The van der Waals surface area contributed by atoms with Crippen molar-refractivity contribution in [3.8, 4) is 17.0 Å². The van der Waals surface area contributed by atoms with E-state index in [0.717, 1.165) is 49.8 Å². The number of ether oxygens (including phenoxy) is 1. The van der Waals surface area contributed by atoms with Crippen LogP contribution in [0.25, 0.3) is 11.3 Å². The van der Waals surface area contributed by atoms with Crippen molar-refractivity contribution in [3.63, 3.8) is 0 Å². The highest BCUT2D eigenvalue weighted by Gasteiger charge is 2.47. The van der Waals surface area contributed by atoms with E-state index < -0.39 is 5.54 Å². The number of carbonyl (C=O) groups excluding carboxylic acids is 2. The number of carbonyl (C=O) groups is 2. The first kappa shape index (κ1) is 24.3. The van der Waals surface area contributed by atoms with Gasteiger partial charge in [-0.1, -0.05) is 51.2 Å². The highest BCUT2D eigenvalue weighted by Crippen LogP contribution is 2.34. The second kappa shape index (κ2) is 10.6. The fourth-order valence-corrected chi connectivity index (χ4v) is 5.16. The molecule has 184 valence electrons. The number of para-hydroxylation sites is 1. The van der Waals surface area contributed by atoms with Crippen molar-refractivity contribution in [2.24, 2.45) is 0 Å². The predicted octanol–water partition coefficient (Wildman–Crippen LogP) is 4.80. The molecule has 1 N–H and O–H groups in total. The summed E-state index contributed by atoms with van der Waals surface area (Å²) in [5.41, 5.74) is 1.09. The van der Waals surface area contributed by atoms with Crippen LogP contribution in [0.4, 0.5) is 0 Å². The second-order valence-electron chi connectivity index (χ2n) is 9.76. The molecule has 0 saturated heterocycles. The Labute approximate surface area is 202 Å². The lowest BCUT2D eigenvalue weighted by molar-refractivity contribution is -0.133. The quantitative estimate of drug-likeness (QED) is 0.448. The maximum atomic E-state index is 13.5. The summed E-state index contributed by atoms with van der Waals surface area (Å²) in [7, 11) is 0. The minimum Gasteiger partial charge on any atom is -0.493 e. The van der Waals surface area contributed by atoms with Gasteiger partial charge in [-0.05, 0) is 51.3 Å². The number of benzene rings is 1. The molecular weight excluding hydrogens is 428 g/mol. The highest BCUT2D eigenvalue weighted by molar-refractivity contribution is 6.00. The normalized spacial score (nSPS) is 21.1. The number of likely N-dealkylation sites (N-methyl/N-ethyl adjacent to an activating group) is 1. The summed E-state index contributed by atoms with van der Waals surface area (Å²) in [6, 6.07) is 9.81. The average Bonchev–Trinajstić information content (AvgIpc) is 3.08. The van der Waals surface area contributed by atoms with Crippen molar-refractivity contribution in [3.05, 3.63) is 36.0 Å². The van der Waals surface area contributed by atoms with E-state index in [1.807, 2.05) is 44.2 Å². The minimum atomic E-state index is -0.981. The molecule has 7 nitrogen and oxygen atoms in total. The zero-order chi connectivity index (χ0) is 24.1. The second-order valence-corrected chi connectivity index (χ2v) is 9.76. The number of nitrogens with zero attached hydrogens (tertiary/aromatic N) is 3. The van der Waals surface area contributed by atoms with Crippen molar-refractivity contribution in [1.29, 1.82) is 0 Å². The third-order valence-electron chi connectivity index (χ3n) is 7.21.